The molecule has 1 atom stereocenters. The molecule has 0 radical (unpaired) electrons. The number of aryl methyl sites for hydroxylation is 1. The summed E-state index contributed by atoms with van der Waals surface area (Å²) in [4.78, 5) is 4.94. The van der Waals surface area contributed by atoms with Gasteiger partial charge in [0, 0.05) is 21.2 Å². The van der Waals surface area contributed by atoms with Gasteiger partial charge in [-0.25, -0.2) is 0 Å². The van der Waals surface area contributed by atoms with Crippen LogP contribution in [0.4, 0.5) is 0 Å². The molecule has 0 fully saturated rings. The van der Waals surface area contributed by atoms with Crippen molar-refractivity contribution in [2.45, 2.75) is 31.0 Å². The van der Waals surface area contributed by atoms with E-state index in [1.807, 2.05) is 12.3 Å². The molecule has 0 aliphatic heterocycles. The molecule has 0 aromatic carbocycles. The summed E-state index contributed by atoms with van der Waals surface area (Å²) in [7, 11) is 0. The molecule has 0 saturated carbocycles. The lowest BCUT2D eigenvalue weighted by Gasteiger charge is -2.05. The fourth-order valence-electron chi connectivity index (χ4n) is 1.06. The maximum atomic E-state index is 4.32. The summed E-state index contributed by atoms with van der Waals surface area (Å²) in [6, 6.07) is 4.11. The van der Waals surface area contributed by atoms with Gasteiger partial charge < -0.3 is 0 Å². The van der Waals surface area contributed by atoms with Gasteiger partial charge in [-0.2, -0.15) is 0 Å². The minimum absolute atomic E-state index is 0.623. The second-order valence-corrected chi connectivity index (χ2v) is 5.22. The van der Waals surface area contributed by atoms with Crippen LogP contribution in [-0.2, 0) is 6.42 Å². The topological polar surface area (TPSA) is 12.9 Å². The van der Waals surface area contributed by atoms with E-state index >= 15 is 0 Å². The third-order valence-electron chi connectivity index (χ3n) is 1.95. The van der Waals surface area contributed by atoms with Crippen LogP contribution in [0.15, 0.2) is 22.8 Å². The number of rotatable bonds is 4. The van der Waals surface area contributed by atoms with E-state index in [2.05, 4.69) is 49.8 Å². The summed E-state index contributed by atoms with van der Waals surface area (Å²) in [5, 5.41) is 0. The van der Waals surface area contributed by atoms with Crippen LogP contribution >= 0.6 is 31.9 Å². The third-order valence-corrected chi connectivity index (χ3v) is 3.52. The van der Waals surface area contributed by atoms with Crippen LogP contribution in [0.25, 0.3) is 0 Å². The highest BCUT2D eigenvalue weighted by atomic mass is 79.9. The average Bonchev–Trinajstić information content (AvgIpc) is 2.16. The molecule has 0 spiro atoms. The van der Waals surface area contributed by atoms with Crippen LogP contribution in [-0.4, -0.2) is 9.81 Å². The van der Waals surface area contributed by atoms with Crippen molar-refractivity contribution >= 4 is 31.9 Å². The third kappa shape index (κ3) is 4.23. The predicted octanol–water partition coefficient (Wildman–Crippen LogP) is 3.95. The first-order valence-electron chi connectivity index (χ1n) is 4.47. The smallest absolute Gasteiger partial charge is 0.0413 e. The molecular formula is C10H13Br2N. The van der Waals surface area contributed by atoms with E-state index in [1.165, 1.54) is 12.1 Å². The highest BCUT2D eigenvalue weighted by Gasteiger charge is 2.01. The average molecular weight is 307 g/mol. The van der Waals surface area contributed by atoms with Gasteiger partial charge in [0.1, 0.15) is 0 Å². The molecule has 0 aliphatic carbocycles. The van der Waals surface area contributed by atoms with Gasteiger partial charge in [-0.1, -0.05) is 22.9 Å². The Kier molecular flexibility index (Phi) is 4.96. The van der Waals surface area contributed by atoms with Crippen molar-refractivity contribution in [1.29, 1.82) is 0 Å². The molecule has 1 aromatic heterocycles. The maximum Gasteiger partial charge on any atom is 0.0413 e. The SMILES string of the molecule is CCC(Br)CCc1ccc(Br)cn1. The Morgan fingerprint density at radius 2 is 2.23 bits per heavy atom. The van der Waals surface area contributed by atoms with Crippen LogP contribution in [0.2, 0.25) is 0 Å². The number of aromatic nitrogens is 1. The van der Waals surface area contributed by atoms with Crippen LogP contribution < -0.4 is 0 Å². The Balaban J connectivity index is 2.41. The number of alkyl halides is 1. The largest absolute Gasteiger partial charge is 0.260 e. The molecule has 1 heterocycles. The predicted molar refractivity (Wildman–Crippen MR) is 63.3 cm³/mol. The molecular weight excluding hydrogens is 294 g/mol. The zero-order chi connectivity index (χ0) is 9.68. The summed E-state index contributed by atoms with van der Waals surface area (Å²) in [6.45, 7) is 2.19. The van der Waals surface area contributed by atoms with Crippen LogP contribution in [0, 0.1) is 0 Å². The van der Waals surface area contributed by atoms with Gasteiger partial charge in [-0.3, -0.25) is 4.98 Å². The Labute approximate surface area is 96.2 Å². The first kappa shape index (κ1) is 11.2. The molecule has 13 heavy (non-hydrogen) atoms. The van der Waals surface area contributed by atoms with Gasteiger partial charge in [-0.15, -0.1) is 0 Å². The van der Waals surface area contributed by atoms with Gasteiger partial charge in [0.25, 0.3) is 0 Å². The Hall–Kier alpha value is 0.110. The first-order chi connectivity index (χ1) is 6.22. The van der Waals surface area contributed by atoms with Crippen molar-refractivity contribution in [2.75, 3.05) is 0 Å². The fraction of sp³-hybridized carbons (Fsp3) is 0.500. The van der Waals surface area contributed by atoms with Gasteiger partial charge in [0.2, 0.25) is 0 Å². The zero-order valence-corrected chi connectivity index (χ0v) is 10.8. The van der Waals surface area contributed by atoms with Gasteiger partial charge >= 0.3 is 0 Å². The summed E-state index contributed by atoms with van der Waals surface area (Å²) >= 11 is 6.98. The zero-order valence-electron chi connectivity index (χ0n) is 7.63. The highest BCUT2D eigenvalue weighted by Crippen LogP contribution is 2.14. The lowest BCUT2D eigenvalue weighted by atomic mass is 10.1. The quantitative estimate of drug-likeness (QED) is 0.768. The molecule has 1 aromatic rings. The molecule has 0 amide bonds. The van der Waals surface area contributed by atoms with E-state index in [-0.39, 0.29) is 0 Å². The van der Waals surface area contributed by atoms with E-state index in [1.54, 1.807) is 0 Å². The molecule has 1 rings (SSSR count). The highest BCUT2D eigenvalue weighted by molar-refractivity contribution is 9.10. The van der Waals surface area contributed by atoms with Gasteiger partial charge in [-0.05, 0) is 47.3 Å². The molecule has 1 nitrogen and oxygen atoms in total. The molecule has 1 unspecified atom stereocenters. The van der Waals surface area contributed by atoms with Crippen molar-refractivity contribution in [3.05, 3.63) is 28.5 Å². The molecule has 0 N–H and O–H groups in total. The van der Waals surface area contributed by atoms with E-state index in [0.29, 0.717) is 4.83 Å². The van der Waals surface area contributed by atoms with Gasteiger partial charge in [0.15, 0.2) is 0 Å². The minimum atomic E-state index is 0.623. The molecule has 0 saturated heterocycles. The lowest BCUT2D eigenvalue weighted by molar-refractivity contribution is 0.734. The second kappa shape index (κ2) is 5.76. The van der Waals surface area contributed by atoms with Crippen molar-refractivity contribution in [2.24, 2.45) is 0 Å². The monoisotopic (exact) mass is 305 g/mol. The summed E-state index contributed by atoms with van der Waals surface area (Å²) in [5.74, 6) is 0. The van der Waals surface area contributed by atoms with Crippen molar-refractivity contribution in [1.82, 2.24) is 4.98 Å². The Morgan fingerprint density at radius 1 is 1.46 bits per heavy atom. The normalized spacial score (nSPS) is 12.8. The number of hydrogen-bond donors (Lipinski definition) is 0. The van der Waals surface area contributed by atoms with Crippen molar-refractivity contribution in [3.8, 4) is 0 Å². The maximum absolute atomic E-state index is 4.32. The second-order valence-electron chi connectivity index (χ2n) is 3.01. The number of pyridine rings is 1. The molecule has 3 heteroatoms. The summed E-state index contributed by atoms with van der Waals surface area (Å²) in [6.07, 6.45) is 5.24. The number of hydrogen-bond acceptors (Lipinski definition) is 1. The van der Waals surface area contributed by atoms with Crippen LogP contribution in [0.1, 0.15) is 25.5 Å². The Morgan fingerprint density at radius 3 is 2.77 bits per heavy atom. The number of nitrogens with zero attached hydrogens (tertiary/aromatic N) is 1. The van der Waals surface area contributed by atoms with E-state index in [9.17, 15) is 0 Å². The van der Waals surface area contributed by atoms with Crippen molar-refractivity contribution in [3.63, 3.8) is 0 Å². The van der Waals surface area contributed by atoms with E-state index in [0.717, 1.165) is 17.3 Å². The lowest BCUT2D eigenvalue weighted by Crippen LogP contribution is -1.99. The standard InChI is InChI=1S/C10H13Br2N/c1-2-8(11)3-5-10-6-4-9(12)7-13-10/h4,6-8H,2-3,5H2,1H3. The van der Waals surface area contributed by atoms with E-state index in [4.69, 9.17) is 0 Å². The Bertz CT molecular complexity index is 246. The molecule has 72 valence electrons. The van der Waals surface area contributed by atoms with E-state index < -0.39 is 0 Å². The first-order valence-corrected chi connectivity index (χ1v) is 6.17. The summed E-state index contributed by atoms with van der Waals surface area (Å²) < 4.78 is 1.04. The minimum Gasteiger partial charge on any atom is -0.260 e. The van der Waals surface area contributed by atoms with Crippen molar-refractivity contribution < 1.29 is 0 Å². The molecule has 0 aliphatic rings. The fourth-order valence-corrected chi connectivity index (χ4v) is 1.53. The molecule has 0 bridgehead atoms. The van der Waals surface area contributed by atoms with Crippen LogP contribution in [0.3, 0.4) is 0 Å². The van der Waals surface area contributed by atoms with Crippen LogP contribution in [0.5, 0.6) is 0 Å². The summed E-state index contributed by atoms with van der Waals surface area (Å²) in [5.41, 5.74) is 1.17. The van der Waals surface area contributed by atoms with Gasteiger partial charge in [0.05, 0.1) is 0 Å². The number of halogens is 2.